The van der Waals surface area contributed by atoms with Crippen LogP contribution in [0.5, 0.6) is 0 Å². The predicted molar refractivity (Wildman–Crippen MR) is 60.9 cm³/mol. The summed E-state index contributed by atoms with van der Waals surface area (Å²) in [5.41, 5.74) is 1.15. The van der Waals surface area contributed by atoms with E-state index < -0.39 is 0 Å². The Morgan fingerprint density at radius 1 is 1.46 bits per heavy atom. The zero-order valence-electron chi connectivity index (χ0n) is 7.21. The van der Waals surface area contributed by atoms with Gasteiger partial charge in [-0.3, -0.25) is 4.98 Å². The Morgan fingerprint density at radius 3 is 2.77 bits per heavy atom. The van der Waals surface area contributed by atoms with Gasteiger partial charge in [-0.05, 0) is 40.4 Å². The Bertz CT molecular complexity index is 279. The standard InChI is InChI=1S/C10H11Br2N/c11-8-3-4-10(13-6-8)9(12)5-7-1-2-7/h3-4,6-7,9H,1-2,5H2. The van der Waals surface area contributed by atoms with Gasteiger partial charge in [-0.15, -0.1) is 0 Å². The largest absolute Gasteiger partial charge is 0.259 e. The van der Waals surface area contributed by atoms with Crippen LogP contribution < -0.4 is 0 Å². The zero-order valence-corrected chi connectivity index (χ0v) is 10.4. The summed E-state index contributed by atoms with van der Waals surface area (Å²) in [6.07, 6.45) is 5.89. The van der Waals surface area contributed by atoms with Crippen LogP contribution in [-0.2, 0) is 0 Å². The summed E-state index contributed by atoms with van der Waals surface area (Å²) in [5.74, 6) is 0.940. The first-order valence-electron chi connectivity index (χ1n) is 4.51. The van der Waals surface area contributed by atoms with Crippen molar-refractivity contribution < 1.29 is 0 Å². The van der Waals surface area contributed by atoms with E-state index in [0.29, 0.717) is 4.83 Å². The van der Waals surface area contributed by atoms with Crippen LogP contribution in [0.2, 0.25) is 0 Å². The van der Waals surface area contributed by atoms with Gasteiger partial charge in [-0.25, -0.2) is 0 Å². The Labute approximate surface area is 95.2 Å². The van der Waals surface area contributed by atoms with Gasteiger partial charge in [0.05, 0.1) is 10.5 Å². The molecule has 1 fully saturated rings. The summed E-state index contributed by atoms with van der Waals surface area (Å²) in [4.78, 5) is 4.80. The molecule has 1 nitrogen and oxygen atoms in total. The number of halogens is 2. The van der Waals surface area contributed by atoms with Crippen molar-refractivity contribution in [2.24, 2.45) is 5.92 Å². The smallest absolute Gasteiger partial charge is 0.0570 e. The Kier molecular flexibility index (Phi) is 3.04. The van der Waals surface area contributed by atoms with Gasteiger partial charge in [0.2, 0.25) is 0 Å². The highest BCUT2D eigenvalue weighted by Gasteiger charge is 2.25. The van der Waals surface area contributed by atoms with Gasteiger partial charge in [0.15, 0.2) is 0 Å². The van der Waals surface area contributed by atoms with Crippen LogP contribution in [0.1, 0.15) is 29.8 Å². The van der Waals surface area contributed by atoms with Crippen LogP contribution in [0.3, 0.4) is 0 Å². The van der Waals surface area contributed by atoms with Crippen molar-refractivity contribution in [2.45, 2.75) is 24.1 Å². The summed E-state index contributed by atoms with van der Waals surface area (Å²) in [5, 5.41) is 0. The molecule has 0 amide bonds. The molecule has 0 saturated heterocycles. The maximum atomic E-state index is 4.37. The third kappa shape index (κ3) is 2.78. The topological polar surface area (TPSA) is 12.9 Å². The van der Waals surface area contributed by atoms with Gasteiger partial charge in [-0.1, -0.05) is 28.8 Å². The number of pyridine rings is 1. The van der Waals surface area contributed by atoms with E-state index in [1.807, 2.05) is 12.3 Å². The van der Waals surface area contributed by atoms with Crippen molar-refractivity contribution in [2.75, 3.05) is 0 Å². The highest BCUT2D eigenvalue weighted by Crippen LogP contribution is 2.40. The molecule has 1 aliphatic carbocycles. The lowest BCUT2D eigenvalue weighted by atomic mass is 10.1. The molecule has 2 rings (SSSR count). The normalized spacial score (nSPS) is 18.6. The van der Waals surface area contributed by atoms with Gasteiger partial charge in [0.1, 0.15) is 0 Å². The fourth-order valence-corrected chi connectivity index (χ4v) is 2.37. The molecular weight excluding hydrogens is 294 g/mol. The predicted octanol–water partition coefficient (Wildman–Crippen LogP) is 4.08. The quantitative estimate of drug-likeness (QED) is 0.767. The molecular formula is C10H11Br2N. The van der Waals surface area contributed by atoms with E-state index in [1.54, 1.807) is 0 Å². The summed E-state index contributed by atoms with van der Waals surface area (Å²) in [6.45, 7) is 0. The van der Waals surface area contributed by atoms with Gasteiger partial charge in [0.25, 0.3) is 0 Å². The Balaban J connectivity index is 2.01. The molecule has 1 saturated carbocycles. The maximum Gasteiger partial charge on any atom is 0.0570 e. The SMILES string of the molecule is Brc1ccc(C(Br)CC2CC2)nc1. The minimum absolute atomic E-state index is 0.438. The molecule has 1 aliphatic rings. The molecule has 1 atom stereocenters. The molecule has 1 unspecified atom stereocenters. The lowest BCUT2D eigenvalue weighted by molar-refractivity contribution is 0.708. The van der Waals surface area contributed by atoms with E-state index in [2.05, 4.69) is 42.9 Å². The lowest BCUT2D eigenvalue weighted by Crippen LogP contribution is -1.94. The second-order valence-electron chi connectivity index (χ2n) is 3.55. The van der Waals surface area contributed by atoms with Crippen LogP contribution in [0.25, 0.3) is 0 Å². The van der Waals surface area contributed by atoms with Crippen molar-refractivity contribution in [1.29, 1.82) is 0 Å². The van der Waals surface area contributed by atoms with E-state index in [1.165, 1.54) is 19.3 Å². The number of aromatic nitrogens is 1. The van der Waals surface area contributed by atoms with Crippen LogP contribution >= 0.6 is 31.9 Å². The molecule has 1 heterocycles. The second-order valence-corrected chi connectivity index (χ2v) is 5.57. The van der Waals surface area contributed by atoms with Crippen molar-refractivity contribution in [3.8, 4) is 0 Å². The third-order valence-electron chi connectivity index (χ3n) is 2.31. The monoisotopic (exact) mass is 303 g/mol. The zero-order chi connectivity index (χ0) is 9.26. The van der Waals surface area contributed by atoms with Crippen LogP contribution in [0.15, 0.2) is 22.8 Å². The number of nitrogens with zero attached hydrogens (tertiary/aromatic N) is 1. The molecule has 0 N–H and O–H groups in total. The number of hydrogen-bond donors (Lipinski definition) is 0. The third-order valence-corrected chi connectivity index (χ3v) is 3.62. The maximum absolute atomic E-state index is 4.37. The fourth-order valence-electron chi connectivity index (χ4n) is 1.34. The number of alkyl halides is 1. The van der Waals surface area contributed by atoms with Gasteiger partial charge >= 0.3 is 0 Å². The van der Waals surface area contributed by atoms with Gasteiger partial charge in [-0.2, -0.15) is 0 Å². The fraction of sp³-hybridized carbons (Fsp3) is 0.500. The van der Waals surface area contributed by atoms with E-state index in [-0.39, 0.29) is 0 Å². The van der Waals surface area contributed by atoms with Crippen LogP contribution in [0, 0.1) is 5.92 Å². The average Bonchev–Trinajstić information content (AvgIpc) is 2.89. The molecule has 0 aromatic carbocycles. The summed E-state index contributed by atoms with van der Waals surface area (Å²) >= 11 is 7.05. The molecule has 1 aromatic heterocycles. The molecule has 0 spiro atoms. The molecule has 0 aliphatic heterocycles. The number of rotatable bonds is 3. The van der Waals surface area contributed by atoms with Crippen molar-refractivity contribution in [1.82, 2.24) is 4.98 Å². The summed E-state index contributed by atoms with van der Waals surface area (Å²) in [7, 11) is 0. The minimum atomic E-state index is 0.438. The highest BCUT2D eigenvalue weighted by molar-refractivity contribution is 9.10. The number of hydrogen-bond acceptors (Lipinski definition) is 1. The van der Waals surface area contributed by atoms with Crippen molar-refractivity contribution >= 4 is 31.9 Å². The first-order chi connectivity index (χ1) is 6.25. The molecule has 0 bridgehead atoms. The van der Waals surface area contributed by atoms with E-state index in [9.17, 15) is 0 Å². The molecule has 3 heteroatoms. The summed E-state index contributed by atoms with van der Waals surface area (Å²) in [6, 6.07) is 4.12. The van der Waals surface area contributed by atoms with E-state index >= 15 is 0 Å². The first kappa shape index (κ1) is 9.66. The van der Waals surface area contributed by atoms with E-state index in [0.717, 1.165) is 16.1 Å². The molecule has 13 heavy (non-hydrogen) atoms. The van der Waals surface area contributed by atoms with Crippen LogP contribution in [0.4, 0.5) is 0 Å². The van der Waals surface area contributed by atoms with Crippen molar-refractivity contribution in [3.05, 3.63) is 28.5 Å². The molecule has 1 aromatic rings. The van der Waals surface area contributed by atoms with Crippen molar-refractivity contribution in [3.63, 3.8) is 0 Å². The molecule has 0 radical (unpaired) electrons. The lowest BCUT2D eigenvalue weighted by Gasteiger charge is -2.07. The van der Waals surface area contributed by atoms with Gasteiger partial charge < -0.3 is 0 Å². The second kappa shape index (κ2) is 4.09. The highest BCUT2D eigenvalue weighted by atomic mass is 79.9. The van der Waals surface area contributed by atoms with Gasteiger partial charge in [0, 0.05) is 10.7 Å². The Hall–Kier alpha value is 0.110. The molecule has 70 valence electrons. The first-order valence-corrected chi connectivity index (χ1v) is 6.22. The average molecular weight is 305 g/mol. The summed E-state index contributed by atoms with van der Waals surface area (Å²) < 4.78 is 1.04. The minimum Gasteiger partial charge on any atom is -0.259 e. The van der Waals surface area contributed by atoms with E-state index in [4.69, 9.17) is 0 Å². The Morgan fingerprint density at radius 2 is 2.23 bits per heavy atom. The van der Waals surface area contributed by atoms with Crippen LogP contribution in [-0.4, -0.2) is 4.98 Å².